The van der Waals surface area contributed by atoms with Crippen LogP contribution in [0.3, 0.4) is 0 Å². The Balaban J connectivity index is 5.74. The molecule has 71 heavy (non-hydrogen) atoms. The Morgan fingerprint density at radius 2 is 0.803 bits per heavy atom. The molecule has 1 unspecified atom stereocenters. The zero-order valence-electron chi connectivity index (χ0n) is 46.4. The molecule has 11 nitrogen and oxygen atoms in total. The lowest BCUT2D eigenvalue weighted by Gasteiger charge is -2.34. The maximum absolute atomic E-state index is 14.7. The van der Waals surface area contributed by atoms with Crippen molar-refractivity contribution in [2.24, 2.45) is 0 Å². The molecular formula is C60H106N2O9. The number of hydrogen-bond acceptors (Lipinski definition) is 10. The molecule has 0 spiro atoms. The number of nitrogens with zero attached hydrogens (tertiary/aromatic N) is 2. The summed E-state index contributed by atoms with van der Waals surface area (Å²) < 4.78 is 23.0. The van der Waals surface area contributed by atoms with Crippen LogP contribution in [0.2, 0.25) is 0 Å². The van der Waals surface area contributed by atoms with Gasteiger partial charge in [-0.25, -0.2) is 0 Å². The summed E-state index contributed by atoms with van der Waals surface area (Å²) in [5.41, 5.74) is 0. The molecule has 1 atom stereocenters. The van der Waals surface area contributed by atoms with Gasteiger partial charge in [0.15, 0.2) is 6.10 Å². The van der Waals surface area contributed by atoms with Crippen LogP contribution in [0.5, 0.6) is 0 Å². The number of carbonyl (C=O) groups excluding carboxylic acids is 5. The van der Waals surface area contributed by atoms with Crippen molar-refractivity contribution in [3.8, 4) is 0 Å². The standard InChI is InChI=1S/C60H106N2O9/c1-7-11-15-18-20-22-24-26-28-30-32-34-36-38-41-45-56(63)69-52-54(53-70-57(64)46-42-39-37-35-33-31-29-27-25-23-21-19-16-12-8-2)62(49-44-48-61(5)6)60(67)55(71-58(65)47-40-14-10-4)51-59(66)68-50-43-17-13-9-3/h20-23,26-29,54-55H,7-19,24-25,30-53H2,1-6H3/b22-20-,23-21-,28-26-,29-27-. The first-order valence-corrected chi connectivity index (χ1v) is 28.8. The van der Waals surface area contributed by atoms with Crippen molar-refractivity contribution in [1.82, 2.24) is 9.80 Å². The number of ether oxygens (including phenoxy) is 4. The molecule has 0 saturated heterocycles. The number of rotatable bonds is 50. The van der Waals surface area contributed by atoms with Crippen molar-refractivity contribution >= 4 is 29.8 Å². The van der Waals surface area contributed by atoms with E-state index in [-0.39, 0.29) is 57.6 Å². The Bertz CT molecular complexity index is 1360. The van der Waals surface area contributed by atoms with Gasteiger partial charge in [0.2, 0.25) is 0 Å². The first kappa shape index (κ1) is 67.3. The molecule has 0 aromatic heterocycles. The Morgan fingerprint density at radius 1 is 0.408 bits per heavy atom. The van der Waals surface area contributed by atoms with Gasteiger partial charge in [0.05, 0.1) is 13.0 Å². The van der Waals surface area contributed by atoms with Crippen molar-refractivity contribution < 1.29 is 42.9 Å². The summed E-state index contributed by atoms with van der Waals surface area (Å²) >= 11 is 0. The van der Waals surface area contributed by atoms with E-state index < -0.39 is 36.4 Å². The average molecular weight is 1000 g/mol. The van der Waals surface area contributed by atoms with Crippen LogP contribution in [0.15, 0.2) is 48.6 Å². The summed E-state index contributed by atoms with van der Waals surface area (Å²) in [7, 11) is 3.87. The fourth-order valence-corrected chi connectivity index (χ4v) is 7.97. The van der Waals surface area contributed by atoms with Gasteiger partial charge >= 0.3 is 23.9 Å². The quantitative estimate of drug-likeness (QED) is 0.0251. The minimum atomic E-state index is -1.44. The predicted octanol–water partition coefficient (Wildman–Crippen LogP) is 14.9. The van der Waals surface area contributed by atoms with E-state index in [1.807, 2.05) is 25.9 Å². The van der Waals surface area contributed by atoms with Crippen molar-refractivity contribution in [2.45, 2.75) is 258 Å². The van der Waals surface area contributed by atoms with E-state index in [2.05, 4.69) is 69.4 Å². The number of allylic oxidation sites excluding steroid dienone is 8. The number of carbonyl (C=O) groups is 5. The highest BCUT2D eigenvalue weighted by Gasteiger charge is 2.35. The Hall–Kier alpha value is -3.73. The molecular weight excluding hydrogens is 893 g/mol. The van der Waals surface area contributed by atoms with Gasteiger partial charge in [0.25, 0.3) is 5.91 Å². The van der Waals surface area contributed by atoms with Gasteiger partial charge in [-0.3, -0.25) is 24.0 Å². The lowest BCUT2D eigenvalue weighted by atomic mass is 10.1. The van der Waals surface area contributed by atoms with Crippen LogP contribution >= 0.6 is 0 Å². The third kappa shape index (κ3) is 44.7. The van der Waals surface area contributed by atoms with Gasteiger partial charge in [0, 0.05) is 25.8 Å². The van der Waals surface area contributed by atoms with E-state index in [1.54, 1.807) is 0 Å². The van der Waals surface area contributed by atoms with Crippen LogP contribution in [0.4, 0.5) is 0 Å². The van der Waals surface area contributed by atoms with Crippen LogP contribution in [0.25, 0.3) is 0 Å². The second-order valence-corrected chi connectivity index (χ2v) is 19.6. The van der Waals surface area contributed by atoms with Gasteiger partial charge in [-0.15, -0.1) is 0 Å². The summed E-state index contributed by atoms with van der Waals surface area (Å²) in [6.07, 6.45) is 47.0. The lowest BCUT2D eigenvalue weighted by molar-refractivity contribution is -0.168. The van der Waals surface area contributed by atoms with Crippen molar-refractivity contribution in [1.29, 1.82) is 0 Å². The Labute approximate surface area is 434 Å². The van der Waals surface area contributed by atoms with Crippen molar-refractivity contribution in [2.75, 3.05) is 47.0 Å². The van der Waals surface area contributed by atoms with Gasteiger partial charge in [0.1, 0.15) is 19.3 Å². The van der Waals surface area contributed by atoms with Crippen LogP contribution < -0.4 is 0 Å². The molecule has 0 aliphatic heterocycles. The molecule has 0 saturated carbocycles. The van der Waals surface area contributed by atoms with Gasteiger partial charge in [-0.2, -0.15) is 0 Å². The van der Waals surface area contributed by atoms with E-state index in [1.165, 1.54) is 43.4 Å². The van der Waals surface area contributed by atoms with E-state index in [0.717, 1.165) is 122 Å². The molecule has 1 amide bonds. The molecule has 0 aromatic rings. The zero-order chi connectivity index (χ0) is 52.3. The lowest BCUT2D eigenvalue weighted by Crippen LogP contribution is -2.52. The summed E-state index contributed by atoms with van der Waals surface area (Å²) in [6, 6.07) is -0.863. The van der Waals surface area contributed by atoms with Crippen molar-refractivity contribution in [3.63, 3.8) is 0 Å². The molecule has 0 aliphatic rings. The highest BCUT2D eigenvalue weighted by atomic mass is 16.6. The molecule has 0 heterocycles. The smallest absolute Gasteiger partial charge is 0.310 e. The maximum atomic E-state index is 14.7. The van der Waals surface area contributed by atoms with E-state index >= 15 is 0 Å². The second-order valence-electron chi connectivity index (χ2n) is 19.6. The Kier molecular flexibility index (Phi) is 48.5. The molecule has 0 radical (unpaired) electrons. The number of esters is 4. The molecule has 0 aromatic carbocycles. The first-order chi connectivity index (χ1) is 34.6. The molecule has 0 fully saturated rings. The normalized spacial score (nSPS) is 12.3. The molecule has 0 N–H and O–H groups in total. The van der Waals surface area contributed by atoms with Crippen LogP contribution in [0.1, 0.15) is 246 Å². The largest absolute Gasteiger partial charge is 0.466 e. The summed E-state index contributed by atoms with van der Waals surface area (Å²) in [4.78, 5) is 70.9. The minimum absolute atomic E-state index is 0.116. The molecule has 0 rings (SSSR count). The highest BCUT2D eigenvalue weighted by Crippen LogP contribution is 2.17. The van der Waals surface area contributed by atoms with E-state index in [4.69, 9.17) is 18.9 Å². The summed E-state index contributed by atoms with van der Waals surface area (Å²) in [5.74, 6) is -2.56. The topological polar surface area (TPSA) is 129 Å². The van der Waals surface area contributed by atoms with Crippen LogP contribution in [-0.4, -0.2) is 98.7 Å². The SMILES string of the molecule is CCCCC/C=C\C/C=C\CCCCCCCC(=O)OCC(COC(=O)CCCCCCC/C=C\C/C=C\CCCCC)N(CCCN(C)C)C(=O)C(CC(=O)OCCCCCC)OC(=O)CCCCC. The monoisotopic (exact) mass is 999 g/mol. The maximum Gasteiger partial charge on any atom is 0.310 e. The molecule has 11 heteroatoms. The highest BCUT2D eigenvalue weighted by molar-refractivity contribution is 5.88. The predicted molar refractivity (Wildman–Crippen MR) is 293 cm³/mol. The second kappa shape index (κ2) is 51.2. The van der Waals surface area contributed by atoms with E-state index in [9.17, 15) is 24.0 Å². The number of hydrogen-bond donors (Lipinski definition) is 0. The van der Waals surface area contributed by atoms with Crippen LogP contribution in [0, 0.1) is 0 Å². The first-order valence-electron chi connectivity index (χ1n) is 28.8. The summed E-state index contributed by atoms with van der Waals surface area (Å²) in [6.45, 7) is 9.23. The molecule has 0 aliphatic carbocycles. The van der Waals surface area contributed by atoms with Gasteiger partial charge < -0.3 is 28.7 Å². The average Bonchev–Trinajstić information content (AvgIpc) is 3.35. The number of amides is 1. The summed E-state index contributed by atoms with van der Waals surface area (Å²) in [5, 5.41) is 0. The van der Waals surface area contributed by atoms with Crippen LogP contribution in [-0.2, 0) is 42.9 Å². The van der Waals surface area contributed by atoms with E-state index in [0.29, 0.717) is 38.6 Å². The molecule has 0 bridgehead atoms. The van der Waals surface area contributed by atoms with Crippen molar-refractivity contribution in [3.05, 3.63) is 48.6 Å². The van der Waals surface area contributed by atoms with Gasteiger partial charge in [-0.05, 0) is 117 Å². The fourth-order valence-electron chi connectivity index (χ4n) is 7.97. The zero-order valence-corrected chi connectivity index (χ0v) is 46.4. The fraction of sp³-hybridized carbons (Fsp3) is 0.783. The third-order valence-electron chi connectivity index (χ3n) is 12.4. The van der Waals surface area contributed by atoms with Gasteiger partial charge in [-0.1, -0.05) is 173 Å². The third-order valence-corrected chi connectivity index (χ3v) is 12.4. The Morgan fingerprint density at radius 3 is 1.28 bits per heavy atom. The number of unbranched alkanes of at least 4 members (excludes halogenated alkanes) is 21. The minimum Gasteiger partial charge on any atom is -0.466 e. The molecule has 410 valence electrons.